The van der Waals surface area contributed by atoms with Crippen molar-refractivity contribution in [3.8, 4) is 28.7 Å². The molecule has 9 atom stereocenters. The normalized spacial score (nSPS) is 33.1. The van der Waals surface area contributed by atoms with Crippen molar-refractivity contribution in [2.24, 2.45) is 23.7 Å². The Bertz CT molecular complexity index is 2580. The van der Waals surface area contributed by atoms with Gasteiger partial charge in [-0.15, -0.1) is 0 Å². The first kappa shape index (κ1) is 42.2. The van der Waals surface area contributed by atoms with Gasteiger partial charge in [0.2, 0.25) is 5.43 Å². The van der Waals surface area contributed by atoms with Crippen molar-refractivity contribution in [1.82, 2.24) is 10.3 Å². The molecule has 2 aromatic carbocycles. The Kier molecular flexibility index (Phi) is 10.7. The SMILES string of the molecule is C/C1=C/C=C/[C@]2(C)O[C@H]([C@@H](C)[C@@H](O)[C@@H](C)[C@H](O)[C@H](C)C/C=C/O[C@@]3(C)Oc4c(C)c(O)c5c(=O)c(c6oc7cc(N8CCNCC8)cc(O)c7nc-6c5c4C3=O)NC1=O)[C@H]2C. The zero-order valence-electron chi connectivity index (χ0n) is 35.7. The van der Waals surface area contributed by atoms with E-state index in [1.165, 1.54) is 20.1 Å². The lowest BCUT2D eigenvalue weighted by atomic mass is 9.71. The number of phenolic OH excluding ortho intramolecular Hbond substituents is 2. The van der Waals surface area contributed by atoms with Gasteiger partial charge in [0.15, 0.2) is 11.3 Å². The smallest absolute Gasteiger partial charge is 0.312 e. The Hall–Kier alpha value is -5.48. The number of aromatic hydroxyl groups is 2. The maximum atomic E-state index is 14.7. The summed E-state index contributed by atoms with van der Waals surface area (Å²) >= 11 is 0. The second-order valence-corrected chi connectivity index (χ2v) is 17.6. The Balaban J connectivity index is 1.31. The van der Waals surface area contributed by atoms with Crippen LogP contribution in [0, 0.1) is 30.6 Å². The molecule has 2 fully saturated rings. The van der Waals surface area contributed by atoms with Gasteiger partial charge in [-0.25, -0.2) is 4.98 Å². The van der Waals surface area contributed by atoms with Crippen LogP contribution in [0.2, 0.25) is 0 Å². The van der Waals surface area contributed by atoms with Gasteiger partial charge in [0, 0.05) is 85.2 Å². The third-order valence-corrected chi connectivity index (χ3v) is 13.5. The summed E-state index contributed by atoms with van der Waals surface area (Å²) in [5.41, 5.74) is -0.987. The van der Waals surface area contributed by atoms with Crippen molar-refractivity contribution in [2.75, 3.05) is 36.4 Å². The quantitative estimate of drug-likeness (QED) is 0.101. The summed E-state index contributed by atoms with van der Waals surface area (Å²) in [5.74, 6) is -5.40. The van der Waals surface area contributed by atoms with E-state index in [9.17, 15) is 34.8 Å². The lowest BCUT2D eigenvalue weighted by molar-refractivity contribution is -0.250. The number of anilines is 2. The molecule has 8 aliphatic heterocycles. The number of hydrogen-bond donors (Lipinski definition) is 6. The van der Waals surface area contributed by atoms with Crippen LogP contribution in [0.25, 0.3) is 33.3 Å². The number of phenols is 2. The summed E-state index contributed by atoms with van der Waals surface area (Å²) in [6.07, 6.45) is 6.36. The summed E-state index contributed by atoms with van der Waals surface area (Å²) in [6.45, 7) is 16.8. The monoisotopic (exact) mass is 838 g/mol. The van der Waals surface area contributed by atoms with Crippen LogP contribution < -0.4 is 25.7 Å². The molecular weight excluding hydrogens is 785 g/mol. The topological polar surface area (TPSA) is 213 Å². The lowest BCUT2D eigenvalue weighted by Gasteiger charge is -2.54. The maximum Gasteiger partial charge on any atom is 0.312 e. The number of aliphatic hydroxyl groups excluding tert-OH is 2. The number of amides is 1. The van der Waals surface area contributed by atoms with Gasteiger partial charge in [-0.1, -0.05) is 45.9 Å². The van der Waals surface area contributed by atoms with Crippen LogP contribution in [0.4, 0.5) is 11.4 Å². The third kappa shape index (κ3) is 6.91. The molecule has 7 bridgehead atoms. The van der Waals surface area contributed by atoms with E-state index in [0.29, 0.717) is 25.2 Å². The second kappa shape index (κ2) is 15.5. The molecule has 1 aliphatic carbocycles. The molecule has 2 saturated heterocycles. The van der Waals surface area contributed by atoms with Crippen molar-refractivity contribution in [1.29, 1.82) is 0 Å². The number of piperazine rings is 1. The summed E-state index contributed by atoms with van der Waals surface area (Å²) in [5, 5.41) is 51.5. The van der Waals surface area contributed by atoms with E-state index >= 15 is 0 Å². The van der Waals surface area contributed by atoms with Crippen LogP contribution >= 0.6 is 0 Å². The third-order valence-electron chi connectivity index (χ3n) is 13.5. The van der Waals surface area contributed by atoms with Crippen molar-refractivity contribution in [2.45, 2.75) is 91.5 Å². The maximum absolute atomic E-state index is 14.7. The molecule has 2 aromatic rings. The highest BCUT2D eigenvalue weighted by Gasteiger charge is 2.52. The van der Waals surface area contributed by atoms with Crippen molar-refractivity contribution in [3.05, 3.63) is 69.6 Å². The average Bonchev–Trinajstić information content (AvgIpc) is 3.51. The molecule has 0 unspecified atom stereocenters. The molecule has 11 rings (SSSR count). The van der Waals surface area contributed by atoms with Crippen LogP contribution in [0.3, 0.4) is 0 Å². The van der Waals surface area contributed by atoms with Crippen LogP contribution in [0.5, 0.6) is 17.2 Å². The number of aliphatic hydroxyl groups is 2. The van der Waals surface area contributed by atoms with E-state index in [1.54, 1.807) is 44.2 Å². The largest absolute Gasteiger partial charge is 0.507 e. The number of ketones is 1. The molecule has 9 aliphatic rings. The van der Waals surface area contributed by atoms with Crippen molar-refractivity contribution >= 4 is 44.9 Å². The number of aromatic nitrogens is 1. The number of nitrogens with one attached hydrogen (secondary N) is 2. The molecule has 61 heavy (non-hydrogen) atoms. The van der Waals surface area contributed by atoms with E-state index in [1.807, 2.05) is 33.8 Å². The number of ether oxygens (including phenoxy) is 3. The Morgan fingerprint density at radius 2 is 1.67 bits per heavy atom. The Labute approximate surface area is 353 Å². The fourth-order valence-corrected chi connectivity index (χ4v) is 9.23. The number of benzene rings is 3. The summed E-state index contributed by atoms with van der Waals surface area (Å²) in [7, 11) is 0. The molecule has 324 valence electrons. The molecule has 6 N–H and O–H groups in total. The fourth-order valence-electron chi connectivity index (χ4n) is 9.23. The fraction of sp³-hybridized carbons (Fsp3) is 0.478. The minimum atomic E-state index is -1.96. The van der Waals surface area contributed by atoms with Gasteiger partial charge >= 0.3 is 5.79 Å². The number of Topliss-reactive ketones (excluding diaryl/α,β-unsaturated/α-hetero) is 1. The van der Waals surface area contributed by atoms with Gasteiger partial charge in [0.05, 0.1) is 41.1 Å². The van der Waals surface area contributed by atoms with Crippen LogP contribution in [-0.4, -0.2) is 93.0 Å². The van der Waals surface area contributed by atoms with Gasteiger partial charge in [0.1, 0.15) is 34.1 Å². The average molecular weight is 839 g/mol. The number of rotatable bonds is 1. The minimum Gasteiger partial charge on any atom is -0.507 e. The number of carbonyl (C=O) groups is 2. The van der Waals surface area contributed by atoms with E-state index in [0.717, 1.165) is 13.1 Å². The van der Waals surface area contributed by atoms with Gasteiger partial charge in [0.25, 0.3) is 11.7 Å². The molecule has 8 heterocycles. The highest BCUT2D eigenvalue weighted by atomic mass is 16.7. The first-order valence-electron chi connectivity index (χ1n) is 20.9. The molecule has 15 nitrogen and oxygen atoms in total. The van der Waals surface area contributed by atoms with Crippen LogP contribution in [-0.2, 0) is 14.3 Å². The number of fused-ring (bicyclic) bond motifs is 1. The van der Waals surface area contributed by atoms with E-state index in [-0.39, 0.29) is 91.1 Å². The second-order valence-electron chi connectivity index (χ2n) is 17.6. The molecule has 0 aromatic heterocycles. The van der Waals surface area contributed by atoms with Crippen LogP contribution in [0.15, 0.2) is 57.5 Å². The highest BCUT2D eigenvalue weighted by Crippen LogP contribution is 2.51. The Morgan fingerprint density at radius 1 is 0.951 bits per heavy atom. The van der Waals surface area contributed by atoms with Gasteiger partial charge in [-0.05, 0) is 39.2 Å². The van der Waals surface area contributed by atoms with Gasteiger partial charge < -0.3 is 54.6 Å². The van der Waals surface area contributed by atoms with Gasteiger partial charge in [-0.3, -0.25) is 14.4 Å². The van der Waals surface area contributed by atoms with E-state index in [2.05, 4.69) is 15.5 Å². The molecule has 0 radical (unpaired) electrons. The Morgan fingerprint density at radius 3 is 2.38 bits per heavy atom. The highest BCUT2D eigenvalue weighted by molar-refractivity contribution is 6.22. The zero-order valence-corrected chi connectivity index (χ0v) is 35.7. The minimum absolute atomic E-state index is 0.0194. The first-order chi connectivity index (χ1) is 28.9. The summed E-state index contributed by atoms with van der Waals surface area (Å²) in [4.78, 5) is 50.2. The number of nitrogens with zero attached hydrogens (tertiary/aromatic N) is 2. The molecular formula is C46H54N4O11. The molecule has 1 amide bonds. The standard InChI is InChI=1S/C46H54N4O11/c1-21-12-10-18-58-46(8)43(56)32-30-31(38(54)25(5)41(32)61-46)39(55)35(42-34(30)48-33-28(51)19-27(20-29(33)59-42)50-16-14-47-15-17-50)49-44(57)22(2)11-9-13-45(7)26(6)40(60-45)24(4)37(53)23(3)36(21)52/h9-11,13,18-21,23-24,26,36-37,40,47,51-54H,12,14-17H2,1-8H3,(H,49,57)/b13-9+,18-10+,22-11-/t21-,23+,24+,26-,36-,37+,40-,45+,46+/m1/s1. The van der Waals surface area contributed by atoms with E-state index in [4.69, 9.17) is 23.6 Å². The van der Waals surface area contributed by atoms with Crippen molar-refractivity contribution < 1.29 is 48.6 Å². The molecule has 15 heteroatoms. The predicted octanol–water partition coefficient (Wildman–Crippen LogP) is 5.67. The predicted molar refractivity (Wildman–Crippen MR) is 229 cm³/mol. The number of carbonyl (C=O) groups excluding carboxylic acids is 2. The molecule has 0 spiro atoms. The lowest BCUT2D eigenvalue weighted by Crippen LogP contribution is -2.60. The van der Waals surface area contributed by atoms with Gasteiger partial charge in [-0.2, -0.15) is 0 Å². The van der Waals surface area contributed by atoms with Crippen molar-refractivity contribution in [3.63, 3.8) is 0 Å². The summed E-state index contributed by atoms with van der Waals surface area (Å²) in [6, 6.07) is 3.26. The summed E-state index contributed by atoms with van der Waals surface area (Å²) < 4.78 is 25.0. The zero-order chi connectivity index (χ0) is 43.9. The van der Waals surface area contributed by atoms with Crippen LogP contribution in [0.1, 0.15) is 70.8 Å². The number of hydrogen-bond acceptors (Lipinski definition) is 14. The molecule has 0 saturated carbocycles. The van der Waals surface area contributed by atoms with E-state index < -0.39 is 52.4 Å². The number of allylic oxidation sites excluding steroid dienone is 3. The first-order valence-corrected chi connectivity index (χ1v) is 20.9.